The van der Waals surface area contributed by atoms with Crippen LogP contribution >= 0.6 is 23.2 Å². The number of phenolic OH excluding ortho intramolecular Hbond substituents is 1. The van der Waals surface area contributed by atoms with E-state index in [-0.39, 0.29) is 37.9 Å². The highest BCUT2D eigenvalue weighted by Crippen LogP contribution is 2.39. The molecule has 0 bridgehead atoms. The quantitative estimate of drug-likeness (QED) is 0.485. The first-order valence-corrected chi connectivity index (χ1v) is 10.1. The van der Waals surface area contributed by atoms with Gasteiger partial charge in [0.25, 0.3) is 12.0 Å². The van der Waals surface area contributed by atoms with Gasteiger partial charge in [0.2, 0.25) is 0 Å². The Labute approximate surface area is 184 Å². The molecule has 1 heterocycles. The van der Waals surface area contributed by atoms with Crippen LogP contribution in [-0.4, -0.2) is 31.1 Å². The number of rotatable bonds is 6. The third-order valence-electron chi connectivity index (χ3n) is 3.82. The summed E-state index contributed by atoms with van der Waals surface area (Å²) in [6, 6.07) is 6.25. The summed E-state index contributed by atoms with van der Waals surface area (Å²) in [5.41, 5.74) is -3.64. The van der Waals surface area contributed by atoms with Crippen molar-refractivity contribution in [3.63, 3.8) is 0 Å². The molecule has 14 heteroatoms. The van der Waals surface area contributed by atoms with Crippen LogP contribution < -0.4 is 20.7 Å². The fourth-order valence-electron chi connectivity index (χ4n) is 2.43. The number of benzene rings is 2. The molecule has 3 aromatic rings. The Morgan fingerprint density at radius 3 is 2.45 bits per heavy atom. The van der Waals surface area contributed by atoms with Gasteiger partial charge in [-0.2, -0.15) is 9.78 Å². The molecule has 0 fully saturated rings. The number of H-pyrrole nitrogens is 1. The largest absolute Gasteiger partial charge is 0.507 e. The summed E-state index contributed by atoms with van der Waals surface area (Å²) in [5, 5.41) is 13.0. The van der Waals surface area contributed by atoms with E-state index in [9.17, 15) is 27.7 Å². The Morgan fingerprint density at radius 2 is 1.87 bits per heavy atom. The smallest absolute Gasteiger partial charge is 0.349 e. The van der Waals surface area contributed by atoms with Gasteiger partial charge >= 0.3 is 5.69 Å². The lowest BCUT2D eigenvalue weighted by molar-refractivity contribution is 0.141. The number of hydrogen-bond donors (Lipinski definition) is 3. The van der Waals surface area contributed by atoms with Crippen LogP contribution in [0.3, 0.4) is 0 Å². The van der Waals surface area contributed by atoms with Gasteiger partial charge in [-0.3, -0.25) is 9.78 Å². The van der Waals surface area contributed by atoms with E-state index in [1.54, 1.807) is 4.98 Å². The van der Waals surface area contributed by atoms with E-state index < -0.39 is 34.4 Å². The van der Waals surface area contributed by atoms with E-state index in [2.05, 4.69) is 9.82 Å². The summed E-state index contributed by atoms with van der Waals surface area (Å²) in [5.74, 6) is -0.163. The molecule has 0 aliphatic rings. The topological polar surface area (TPSA) is 126 Å². The zero-order valence-corrected chi connectivity index (χ0v) is 17.7. The van der Waals surface area contributed by atoms with Crippen LogP contribution in [0.25, 0.3) is 5.69 Å². The summed E-state index contributed by atoms with van der Waals surface area (Å²) in [6.45, 7) is 0. The SMILES string of the molecule is CNS(=O)c1cc(Oc2c(Cl)cc(-n3nc(C(F)F)c(=O)[nH]c3=O)cc2Cl)ccc1O. The Morgan fingerprint density at radius 1 is 1.23 bits per heavy atom. The molecule has 0 saturated heterocycles. The van der Waals surface area contributed by atoms with Crippen molar-refractivity contribution in [1.82, 2.24) is 19.5 Å². The van der Waals surface area contributed by atoms with Gasteiger partial charge in [-0.1, -0.05) is 23.2 Å². The number of aromatic nitrogens is 3. The second-order valence-corrected chi connectivity index (χ2v) is 8.00. The predicted molar refractivity (Wildman–Crippen MR) is 109 cm³/mol. The average Bonchev–Trinajstić information content (AvgIpc) is 2.70. The summed E-state index contributed by atoms with van der Waals surface area (Å²) >= 11 is 12.4. The van der Waals surface area contributed by atoms with Crippen molar-refractivity contribution in [2.24, 2.45) is 0 Å². The average molecular weight is 493 g/mol. The summed E-state index contributed by atoms with van der Waals surface area (Å²) < 4.78 is 46.4. The van der Waals surface area contributed by atoms with Gasteiger partial charge in [0.05, 0.1) is 20.6 Å². The van der Waals surface area contributed by atoms with Crippen molar-refractivity contribution in [3.05, 3.63) is 66.9 Å². The molecule has 1 atom stereocenters. The summed E-state index contributed by atoms with van der Waals surface area (Å²) in [6.07, 6.45) is -3.21. The highest BCUT2D eigenvalue weighted by Gasteiger charge is 2.19. The van der Waals surface area contributed by atoms with Gasteiger partial charge in [-0.25, -0.2) is 22.5 Å². The molecule has 164 valence electrons. The molecule has 9 nitrogen and oxygen atoms in total. The molecule has 31 heavy (non-hydrogen) atoms. The van der Waals surface area contributed by atoms with Gasteiger partial charge < -0.3 is 9.84 Å². The first-order valence-electron chi connectivity index (χ1n) is 8.23. The van der Waals surface area contributed by atoms with Crippen molar-refractivity contribution in [2.75, 3.05) is 7.05 Å². The molecule has 0 spiro atoms. The normalized spacial score (nSPS) is 12.2. The molecule has 0 saturated carbocycles. The minimum absolute atomic E-state index is 0.0485. The van der Waals surface area contributed by atoms with Crippen LogP contribution in [0.15, 0.2) is 44.8 Å². The van der Waals surface area contributed by atoms with Crippen LogP contribution in [0.5, 0.6) is 17.2 Å². The van der Waals surface area contributed by atoms with E-state index in [1.165, 1.54) is 25.2 Å². The standard InChI is InChI=1S/C17H12Cl2F2N4O5S/c1-22-31(29)12-6-8(2-3-11(12)26)30-14-9(18)4-7(5-10(14)19)25-17(28)23-16(27)13(24-25)15(20)21/h2-6,15,22,26H,1H3,(H,23,27,28). The van der Waals surface area contributed by atoms with Gasteiger partial charge in [0.15, 0.2) is 11.4 Å². The van der Waals surface area contributed by atoms with E-state index in [1.807, 2.05) is 0 Å². The van der Waals surface area contributed by atoms with Crippen LogP contribution in [0.4, 0.5) is 8.78 Å². The molecule has 2 aromatic carbocycles. The van der Waals surface area contributed by atoms with Gasteiger partial charge in [0, 0.05) is 6.07 Å². The summed E-state index contributed by atoms with van der Waals surface area (Å²) in [7, 11) is -0.271. The number of nitrogens with zero attached hydrogens (tertiary/aromatic N) is 2. The van der Waals surface area contributed by atoms with E-state index in [0.29, 0.717) is 4.68 Å². The highest BCUT2D eigenvalue weighted by molar-refractivity contribution is 7.83. The lowest BCUT2D eigenvalue weighted by atomic mass is 10.3. The second kappa shape index (κ2) is 9.14. The van der Waals surface area contributed by atoms with Gasteiger partial charge in [-0.15, -0.1) is 0 Å². The molecule has 0 aliphatic carbocycles. The van der Waals surface area contributed by atoms with Crippen LogP contribution in [0.2, 0.25) is 10.0 Å². The fraction of sp³-hybridized carbons (Fsp3) is 0.118. The number of hydrogen-bond acceptors (Lipinski definition) is 6. The third-order valence-corrected chi connectivity index (χ3v) is 5.48. The first kappa shape index (κ1) is 22.9. The molecule has 0 amide bonds. The number of nitrogens with one attached hydrogen (secondary N) is 2. The molecule has 3 N–H and O–H groups in total. The Hall–Kier alpha value is -2.80. The predicted octanol–water partition coefficient (Wildman–Crippen LogP) is 2.91. The number of aromatic hydroxyl groups is 1. The van der Waals surface area contributed by atoms with Gasteiger partial charge in [0.1, 0.15) is 22.5 Å². The molecule has 0 aliphatic heterocycles. The van der Waals surface area contributed by atoms with Crippen molar-refractivity contribution in [3.8, 4) is 22.9 Å². The minimum Gasteiger partial charge on any atom is -0.507 e. The summed E-state index contributed by atoms with van der Waals surface area (Å²) in [4.78, 5) is 25.2. The minimum atomic E-state index is -3.21. The van der Waals surface area contributed by atoms with Crippen LogP contribution in [0.1, 0.15) is 12.1 Å². The Kier molecular flexibility index (Phi) is 6.74. The van der Waals surface area contributed by atoms with Crippen molar-refractivity contribution in [2.45, 2.75) is 11.3 Å². The molecular weight excluding hydrogens is 481 g/mol. The number of aromatic amines is 1. The number of ether oxygens (including phenoxy) is 1. The lowest BCUT2D eigenvalue weighted by Crippen LogP contribution is -2.34. The van der Waals surface area contributed by atoms with E-state index in [4.69, 9.17) is 27.9 Å². The molecule has 1 unspecified atom stereocenters. The number of alkyl halides is 2. The fourth-order valence-corrected chi connectivity index (χ4v) is 3.68. The zero-order valence-electron chi connectivity index (χ0n) is 15.4. The lowest BCUT2D eigenvalue weighted by Gasteiger charge is -2.13. The highest BCUT2D eigenvalue weighted by atomic mass is 35.5. The van der Waals surface area contributed by atoms with Crippen molar-refractivity contribution >= 4 is 34.2 Å². The number of phenols is 1. The van der Waals surface area contributed by atoms with Crippen LogP contribution in [-0.2, 0) is 11.0 Å². The Bertz CT molecular complexity index is 1280. The molecule has 3 rings (SSSR count). The van der Waals surface area contributed by atoms with Crippen molar-refractivity contribution in [1.29, 1.82) is 0 Å². The maximum Gasteiger partial charge on any atom is 0.349 e. The van der Waals surface area contributed by atoms with E-state index in [0.717, 1.165) is 12.1 Å². The molecule has 0 radical (unpaired) electrons. The maximum absolute atomic E-state index is 12.9. The monoisotopic (exact) mass is 492 g/mol. The molecule has 1 aromatic heterocycles. The van der Waals surface area contributed by atoms with Crippen molar-refractivity contribution < 1.29 is 22.8 Å². The van der Waals surface area contributed by atoms with Crippen LogP contribution in [0, 0.1) is 0 Å². The Balaban J connectivity index is 2.03. The van der Waals surface area contributed by atoms with E-state index >= 15 is 0 Å². The zero-order chi connectivity index (χ0) is 22.9. The van der Waals surface area contributed by atoms with Gasteiger partial charge in [-0.05, 0) is 31.3 Å². The second-order valence-electron chi connectivity index (χ2n) is 5.80. The number of halogens is 4. The maximum atomic E-state index is 12.9. The third kappa shape index (κ3) is 4.77. The first-order chi connectivity index (χ1) is 14.6. The molecular formula is C17H12Cl2F2N4O5S.